The number of ether oxygens (including phenoxy) is 2. The van der Waals surface area contributed by atoms with Crippen molar-refractivity contribution in [3.63, 3.8) is 0 Å². The summed E-state index contributed by atoms with van der Waals surface area (Å²) < 4.78 is 9.58. The van der Waals surface area contributed by atoms with Gasteiger partial charge in [-0.1, -0.05) is 0 Å². The van der Waals surface area contributed by atoms with Crippen LogP contribution in [0, 0.1) is 10.1 Å². The monoisotopic (exact) mass is 282 g/mol. The van der Waals surface area contributed by atoms with E-state index in [0.29, 0.717) is 19.4 Å². The van der Waals surface area contributed by atoms with Crippen molar-refractivity contribution in [2.45, 2.75) is 12.8 Å². The summed E-state index contributed by atoms with van der Waals surface area (Å²) in [5.74, 6) is -0.0352. The number of nitro benzene ring substituents is 1. The number of esters is 1. The second kappa shape index (κ2) is 7.32. The maximum Gasteiger partial charge on any atom is 0.311 e. The molecule has 20 heavy (non-hydrogen) atoms. The first kappa shape index (κ1) is 15.7. The highest BCUT2D eigenvalue weighted by molar-refractivity contribution is 5.69. The lowest BCUT2D eigenvalue weighted by atomic mass is 10.2. The van der Waals surface area contributed by atoms with Crippen LogP contribution in [0.3, 0.4) is 0 Å². The van der Waals surface area contributed by atoms with Crippen LogP contribution in [0.4, 0.5) is 11.4 Å². The SMILES string of the molecule is COC(=O)CCCN(C)c1ccc([N+](=O)[O-])c(OC)c1. The molecule has 0 aliphatic heterocycles. The number of benzene rings is 1. The van der Waals surface area contributed by atoms with E-state index in [4.69, 9.17) is 4.74 Å². The second-order valence-electron chi connectivity index (χ2n) is 4.21. The molecule has 0 atom stereocenters. The van der Waals surface area contributed by atoms with Gasteiger partial charge in [0.05, 0.1) is 19.1 Å². The largest absolute Gasteiger partial charge is 0.490 e. The molecule has 0 radical (unpaired) electrons. The predicted octanol–water partition coefficient (Wildman–Crippen LogP) is 1.99. The standard InChI is InChI=1S/C13H18N2O5/c1-14(8-4-5-13(16)20-3)10-6-7-11(15(17)18)12(9-10)19-2/h6-7,9H,4-5,8H2,1-3H3. The van der Waals surface area contributed by atoms with Crippen molar-refractivity contribution in [3.05, 3.63) is 28.3 Å². The third-order valence-electron chi connectivity index (χ3n) is 2.90. The number of rotatable bonds is 7. The van der Waals surface area contributed by atoms with Crippen LogP contribution in [0.5, 0.6) is 5.75 Å². The zero-order valence-corrected chi connectivity index (χ0v) is 11.8. The third kappa shape index (κ3) is 4.11. The molecule has 0 amide bonds. The van der Waals surface area contributed by atoms with Gasteiger partial charge in [0.25, 0.3) is 0 Å². The lowest BCUT2D eigenvalue weighted by molar-refractivity contribution is -0.385. The normalized spacial score (nSPS) is 9.95. The molecular formula is C13H18N2O5. The van der Waals surface area contributed by atoms with Crippen molar-refractivity contribution in [2.75, 3.05) is 32.7 Å². The molecular weight excluding hydrogens is 264 g/mol. The molecule has 0 fully saturated rings. The first-order valence-electron chi connectivity index (χ1n) is 6.10. The van der Waals surface area contributed by atoms with Gasteiger partial charge in [-0.3, -0.25) is 14.9 Å². The summed E-state index contributed by atoms with van der Waals surface area (Å²) in [6, 6.07) is 4.67. The Kier molecular flexibility index (Phi) is 5.76. The van der Waals surface area contributed by atoms with Gasteiger partial charge in [0.15, 0.2) is 5.75 Å². The van der Waals surface area contributed by atoms with Crippen LogP contribution in [-0.2, 0) is 9.53 Å². The maximum absolute atomic E-state index is 11.0. The van der Waals surface area contributed by atoms with Gasteiger partial charge >= 0.3 is 11.7 Å². The summed E-state index contributed by atoms with van der Waals surface area (Å²) in [5.41, 5.74) is 0.719. The average molecular weight is 282 g/mol. The summed E-state index contributed by atoms with van der Waals surface area (Å²) in [6.07, 6.45) is 0.980. The van der Waals surface area contributed by atoms with E-state index >= 15 is 0 Å². The van der Waals surface area contributed by atoms with Crippen molar-refractivity contribution in [1.82, 2.24) is 0 Å². The topological polar surface area (TPSA) is 81.9 Å². The zero-order chi connectivity index (χ0) is 15.1. The van der Waals surface area contributed by atoms with E-state index in [9.17, 15) is 14.9 Å². The second-order valence-corrected chi connectivity index (χ2v) is 4.21. The van der Waals surface area contributed by atoms with Crippen molar-refractivity contribution in [1.29, 1.82) is 0 Å². The summed E-state index contributed by atoms with van der Waals surface area (Å²) >= 11 is 0. The summed E-state index contributed by atoms with van der Waals surface area (Å²) in [7, 11) is 4.59. The van der Waals surface area contributed by atoms with E-state index < -0.39 is 4.92 Å². The summed E-state index contributed by atoms with van der Waals surface area (Å²) in [5, 5.41) is 10.8. The van der Waals surface area contributed by atoms with Crippen molar-refractivity contribution < 1.29 is 19.2 Å². The van der Waals surface area contributed by atoms with Gasteiger partial charge in [-0.15, -0.1) is 0 Å². The Hall–Kier alpha value is -2.31. The molecule has 0 aliphatic rings. The molecule has 1 aromatic rings. The molecule has 110 valence electrons. The Balaban J connectivity index is 2.71. The fourth-order valence-electron chi connectivity index (χ4n) is 1.75. The predicted molar refractivity (Wildman–Crippen MR) is 74.2 cm³/mol. The molecule has 0 unspecified atom stereocenters. The first-order chi connectivity index (χ1) is 9.49. The van der Waals surface area contributed by atoms with Crippen LogP contribution in [0.2, 0.25) is 0 Å². The number of hydrogen-bond donors (Lipinski definition) is 0. The van der Waals surface area contributed by atoms with Gasteiger partial charge in [0.1, 0.15) is 0 Å². The van der Waals surface area contributed by atoms with Crippen LogP contribution in [0.1, 0.15) is 12.8 Å². The van der Waals surface area contributed by atoms with Crippen molar-refractivity contribution in [3.8, 4) is 5.75 Å². The highest BCUT2D eigenvalue weighted by Crippen LogP contribution is 2.30. The van der Waals surface area contributed by atoms with Gasteiger partial charge in [-0.2, -0.15) is 0 Å². The number of nitro groups is 1. The quantitative estimate of drug-likeness (QED) is 0.432. The maximum atomic E-state index is 11.0. The van der Waals surface area contributed by atoms with Crippen LogP contribution < -0.4 is 9.64 Å². The Bertz CT molecular complexity index is 490. The van der Waals surface area contributed by atoms with Crippen molar-refractivity contribution >= 4 is 17.3 Å². The van der Waals surface area contributed by atoms with E-state index in [1.165, 1.54) is 20.3 Å². The van der Waals surface area contributed by atoms with Crippen LogP contribution in [0.15, 0.2) is 18.2 Å². The molecule has 0 aliphatic carbocycles. The average Bonchev–Trinajstić information content (AvgIpc) is 2.45. The molecule has 0 spiro atoms. The van der Waals surface area contributed by atoms with Crippen LogP contribution in [-0.4, -0.2) is 38.7 Å². The number of carbonyl (C=O) groups excluding carboxylic acids is 1. The Morgan fingerprint density at radius 2 is 2.10 bits per heavy atom. The highest BCUT2D eigenvalue weighted by Gasteiger charge is 2.16. The lowest BCUT2D eigenvalue weighted by Crippen LogP contribution is -2.19. The fraction of sp³-hybridized carbons (Fsp3) is 0.462. The number of carbonyl (C=O) groups is 1. The van der Waals surface area contributed by atoms with Gasteiger partial charge in [-0.25, -0.2) is 0 Å². The molecule has 7 nitrogen and oxygen atoms in total. The smallest absolute Gasteiger partial charge is 0.311 e. The molecule has 1 aromatic carbocycles. The molecule has 0 saturated carbocycles. The number of nitrogens with zero attached hydrogens (tertiary/aromatic N) is 2. The molecule has 1 rings (SSSR count). The first-order valence-corrected chi connectivity index (χ1v) is 6.10. The van der Waals surface area contributed by atoms with E-state index in [0.717, 1.165) is 5.69 Å². The minimum atomic E-state index is -0.486. The fourth-order valence-corrected chi connectivity index (χ4v) is 1.75. The summed E-state index contributed by atoms with van der Waals surface area (Å²) in [6.45, 7) is 0.635. The van der Waals surface area contributed by atoms with Crippen LogP contribution in [0.25, 0.3) is 0 Å². The Morgan fingerprint density at radius 3 is 2.65 bits per heavy atom. The molecule has 0 N–H and O–H groups in total. The Labute approximate surface area is 117 Å². The number of anilines is 1. The van der Waals surface area contributed by atoms with Gasteiger partial charge < -0.3 is 14.4 Å². The molecule has 0 saturated heterocycles. The Morgan fingerprint density at radius 1 is 1.40 bits per heavy atom. The summed E-state index contributed by atoms with van der Waals surface area (Å²) in [4.78, 5) is 23.2. The van der Waals surface area contributed by atoms with Crippen LogP contribution >= 0.6 is 0 Å². The minimum Gasteiger partial charge on any atom is -0.490 e. The van der Waals surface area contributed by atoms with Gasteiger partial charge in [0.2, 0.25) is 0 Å². The van der Waals surface area contributed by atoms with E-state index in [-0.39, 0.29) is 17.4 Å². The minimum absolute atomic E-state index is 0.0702. The van der Waals surface area contributed by atoms with E-state index in [2.05, 4.69) is 4.74 Å². The van der Waals surface area contributed by atoms with Gasteiger partial charge in [-0.05, 0) is 12.5 Å². The third-order valence-corrected chi connectivity index (χ3v) is 2.90. The molecule has 7 heteroatoms. The van der Waals surface area contributed by atoms with E-state index in [1.54, 1.807) is 12.1 Å². The van der Waals surface area contributed by atoms with Crippen molar-refractivity contribution in [2.24, 2.45) is 0 Å². The zero-order valence-electron chi connectivity index (χ0n) is 11.8. The van der Waals surface area contributed by atoms with Gasteiger partial charge in [0, 0.05) is 37.8 Å². The molecule has 0 heterocycles. The number of methoxy groups -OCH3 is 2. The van der Waals surface area contributed by atoms with E-state index in [1.807, 2.05) is 11.9 Å². The molecule has 0 aromatic heterocycles. The number of hydrogen-bond acceptors (Lipinski definition) is 6. The molecule has 0 bridgehead atoms. The lowest BCUT2D eigenvalue weighted by Gasteiger charge is -2.19. The highest BCUT2D eigenvalue weighted by atomic mass is 16.6.